The highest BCUT2D eigenvalue weighted by Crippen LogP contribution is 2.55. The lowest BCUT2D eigenvalue weighted by molar-refractivity contribution is 0.356. The molecule has 2 heterocycles. The molecule has 8 rings (SSSR count). The summed E-state index contributed by atoms with van der Waals surface area (Å²) in [5.74, 6) is 1.77. The Bertz CT molecular complexity index is 1860. The van der Waals surface area contributed by atoms with Gasteiger partial charge in [0.15, 0.2) is 0 Å². The molecule has 0 radical (unpaired) electrons. The molecule has 0 fully saturated rings. The Balaban J connectivity index is 1.58. The Morgan fingerprint density at radius 3 is 2.45 bits per heavy atom. The Morgan fingerprint density at radius 2 is 1.55 bits per heavy atom. The molecular formula is C36H30N2. The van der Waals surface area contributed by atoms with Gasteiger partial charge in [0.25, 0.3) is 0 Å². The molecule has 184 valence electrons. The minimum atomic E-state index is -0.0655. The van der Waals surface area contributed by atoms with Crippen LogP contribution in [0.4, 0.5) is 0 Å². The summed E-state index contributed by atoms with van der Waals surface area (Å²) in [5.41, 5.74) is 9.30. The van der Waals surface area contributed by atoms with Crippen LogP contribution < -0.4 is 0 Å². The van der Waals surface area contributed by atoms with Crippen LogP contribution >= 0.6 is 0 Å². The molecule has 0 spiro atoms. The van der Waals surface area contributed by atoms with E-state index in [1.165, 1.54) is 49.8 Å². The van der Waals surface area contributed by atoms with E-state index in [1.807, 2.05) is 0 Å². The van der Waals surface area contributed by atoms with Crippen LogP contribution in [-0.4, -0.2) is 9.55 Å². The zero-order chi connectivity index (χ0) is 25.4. The van der Waals surface area contributed by atoms with Gasteiger partial charge in [-0.1, -0.05) is 117 Å². The molecule has 0 saturated carbocycles. The highest BCUT2D eigenvalue weighted by Gasteiger charge is 2.45. The molecular weight excluding hydrogens is 460 g/mol. The monoisotopic (exact) mass is 490 g/mol. The fourth-order valence-corrected chi connectivity index (χ4v) is 7.45. The van der Waals surface area contributed by atoms with Crippen molar-refractivity contribution in [2.75, 3.05) is 0 Å². The number of allylic oxidation sites excluding steroid dienone is 5. The largest absolute Gasteiger partial charge is 0.297 e. The highest BCUT2D eigenvalue weighted by molar-refractivity contribution is 6.08. The molecule has 3 aliphatic carbocycles. The number of hydrogen-bond donors (Lipinski definition) is 0. The molecule has 2 heteroatoms. The number of benzene rings is 3. The van der Waals surface area contributed by atoms with Crippen molar-refractivity contribution in [2.45, 2.75) is 38.0 Å². The van der Waals surface area contributed by atoms with E-state index in [4.69, 9.17) is 4.98 Å². The molecule has 0 N–H and O–H groups in total. The van der Waals surface area contributed by atoms with Gasteiger partial charge < -0.3 is 0 Å². The number of aromatic nitrogens is 2. The van der Waals surface area contributed by atoms with E-state index in [2.05, 4.69) is 128 Å². The molecule has 0 amide bonds. The molecule has 0 bridgehead atoms. The summed E-state index contributed by atoms with van der Waals surface area (Å²) in [6.07, 6.45) is 16.1. The third-order valence-electron chi connectivity index (χ3n) is 9.13. The summed E-state index contributed by atoms with van der Waals surface area (Å²) < 4.78 is 2.55. The summed E-state index contributed by atoms with van der Waals surface area (Å²) in [7, 11) is 0. The van der Waals surface area contributed by atoms with Crippen molar-refractivity contribution >= 4 is 27.8 Å². The first-order valence-electron chi connectivity index (χ1n) is 13.8. The van der Waals surface area contributed by atoms with Gasteiger partial charge in [-0.05, 0) is 52.3 Å². The maximum atomic E-state index is 5.41. The number of fused-ring (bicyclic) bond motifs is 10. The van der Waals surface area contributed by atoms with Crippen LogP contribution in [0.3, 0.4) is 0 Å². The second kappa shape index (κ2) is 7.91. The van der Waals surface area contributed by atoms with Crippen molar-refractivity contribution in [2.24, 2.45) is 5.92 Å². The lowest BCUT2D eigenvalue weighted by atomic mass is 9.65. The molecule has 0 aliphatic heterocycles. The van der Waals surface area contributed by atoms with Crippen molar-refractivity contribution in [1.29, 1.82) is 0 Å². The summed E-state index contributed by atoms with van der Waals surface area (Å²) in [5, 5.41) is 3.68. The van der Waals surface area contributed by atoms with E-state index in [0.717, 1.165) is 24.2 Å². The number of hydrogen-bond acceptors (Lipinski definition) is 1. The SMILES string of the molecule is CC1(C)c2c3c(n(-c4nc5ccccc5c5ccccc45)c2-c2ccccc2C2C=CC=CC21)CCC=C3. The Kier molecular flexibility index (Phi) is 4.56. The molecule has 2 aromatic heterocycles. The third-order valence-corrected chi connectivity index (χ3v) is 9.13. The first-order valence-corrected chi connectivity index (χ1v) is 13.8. The molecule has 5 aromatic rings. The van der Waals surface area contributed by atoms with Crippen molar-refractivity contribution < 1.29 is 0 Å². The highest BCUT2D eigenvalue weighted by atomic mass is 15.1. The quantitative estimate of drug-likeness (QED) is 0.214. The van der Waals surface area contributed by atoms with Crippen molar-refractivity contribution in [1.82, 2.24) is 9.55 Å². The van der Waals surface area contributed by atoms with Crippen LogP contribution in [0.15, 0.2) is 103 Å². The zero-order valence-electron chi connectivity index (χ0n) is 21.9. The predicted molar refractivity (Wildman–Crippen MR) is 159 cm³/mol. The van der Waals surface area contributed by atoms with Crippen LogP contribution in [0.2, 0.25) is 0 Å². The summed E-state index contributed by atoms with van der Waals surface area (Å²) in [6.45, 7) is 4.91. The van der Waals surface area contributed by atoms with Gasteiger partial charge in [0.05, 0.1) is 11.2 Å². The van der Waals surface area contributed by atoms with Crippen LogP contribution in [0.5, 0.6) is 0 Å². The van der Waals surface area contributed by atoms with Crippen molar-refractivity contribution in [3.63, 3.8) is 0 Å². The normalized spacial score (nSPS) is 20.6. The van der Waals surface area contributed by atoms with E-state index in [0.29, 0.717) is 11.8 Å². The van der Waals surface area contributed by atoms with Gasteiger partial charge in [0, 0.05) is 27.9 Å². The average molecular weight is 491 g/mol. The smallest absolute Gasteiger partial charge is 0.146 e. The van der Waals surface area contributed by atoms with E-state index >= 15 is 0 Å². The number of pyridine rings is 1. The number of para-hydroxylation sites is 1. The molecule has 3 aromatic carbocycles. The molecule has 0 saturated heterocycles. The van der Waals surface area contributed by atoms with Gasteiger partial charge in [-0.15, -0.1) is 0 Å². The minimum absolute atomic E-state index is 0.0655. The topological polar surface area (TPSA) is 17.8 Å². The van der Waals surface area contributed by atoms with E-state index in [9.17, 15) is 0 Å². The van der Waals surface area contributed by atoms with Crippen molar-refractivity contribution in [3.05, 3.63) is 126 Å². The Labute approximate surface area is 223 Å². The van der Waals surface area contributed by atoms with Crippen LogP contribution in [0.1, 0.15) is 48.6 Å². The van der Waals surface area contributed by atoms with Crippen LogP contribution in [0.25, 0.3) is 44.8 Å². The fraction of sp³-hybridized carbons (Fsp3) is 0.194. The predicted octanol–water partition coefficient (Wildman–Crippen LogP) is 8.92. The number of nitrogens with zero attached hydrogens (tertiary/aromatic N) is 2. The second-order valence-corrected chi connectivity index (χ2v) is 11.5. The maximum absolute atomic E-state index is 5.41. The standard InChI is InChI=1S/C36H30N2/c1-36(2)30-20-10-7-15-25(30)23-13-3-5-17-27(23)34-33(36)29-19-9-12-22-32(29)38(34)35-28-18-6-4-14-24(28)26-16-8-11-21-31(26)37-35/h3-11,13-21,25,30H,12,22H2,1-2H3. The lowest BCUT2D eigenvalue weighted by Crippen LogP contribution is -2.32. The summed E-state index contributed by atoms with van der Waals surface area (Å²) in [4.78, 5) is 5.41. The van der Waals surface area contributed by atoms with E-state index in [-0.39, 0.29) is 5.41 Å². The van der Waals surface area contributed by atoms with Crippen molar-refractivity contribution in [3.8, 4) is 17.1 Å². The van der Waals surface area contributed by atoms with Gasteiger partial charge >= 0.3 is 0 Å². The van der Waals surface area contributed by atoms with Gasteiger partial charge in [0.1, 0.15) is 5.82 Å². The average Bonchev–Trinajstić information content (AvgIpc) is 3.29. The minimum Gasteiger partial charge on any atom is -0.297 e. The van der Waals surface area contributed by atoms with E-state index in [1.54, 1.807) is 0 Å². The van der Waals surface area contributed by atoms with Gasteiger partial charge in [-0.25, -0.2) is 4.98 Å². The van der Waals surface area contributed by atoms with Gasteiger partial charge in [0.2, 0.25) is 0 Å². The van der Waals surface area contributed by atoms with Crippen LogP contribution in [-0.2, 0) is 11.8 Å². The van der Waals surface area contributed by atoms with Crippen LogP contribution in [0, 0.1) is 5.92 Å². The first-order chi connectivity index (χ1) is 18.6. The molecule has 2 nitrogen and oxygen atoms in total. The molecule has 2 unspecified atom stereocenters. The van der Waals surface area contributed by atoms with E-state index < -0.39 is 0 Å². The lowest BCUT2D eigenvalue weighted by Gasteiger charge is -2.37. The number of rotatable bonds is 1. The third kappa shape index (κ3) is 2.86. The summed E-state index contributed by atoms with van der Waals surface area (Å²) in [6, 6.07) is 26.5. The summed E-state index contributed by atoms with van der Waals surface area (Å²) >= 11 is 0. The Morgan fingerprint density at radius 1 is 0.816 bits per heavy atom. The molecule has 38 heavy (non-hydrogen) atoms. The maximum Gasteiger partial charge on any atom is 0.146 e. The second-order valence-electron chi connectivity index (χ2n) is 11.5. The van der Waals surface area contributed by atoms with Gasteiger partial charge in [-0.3, -0.25) is 4.57 Å². The fourth-order valence-electron chi connectivity index (χ4n) is 7.45. The molecule has 2 atom stereocenters. The zero-order valence-corrected chi connectivity index (χ0v) is 21.9. The van der Waals surface area contributed by atoms with Gasteiger partial charge in [-0.2, -0.15) is 0 Å². The first kappa shape index (κ1) is 21.9. The Hall–Kier alpha value is -4.17. The molecule has 3 aliphatic rings.